The first-order valence-corrected chi connectivity index (χ1v) is 4.63. The number of hydrogen-bond acceptors (Lipinski definition) is 3. The molecule has 0 aliphatic heterocycles. The predicted molar refractivity (Wildman–Crippen MR) is 53.8 cm³/mol. The molecule has 0 spiro atoms. The Hall–Kier alpha value is -1.91. The van der Waals surface area contributed by atoms with Crippen LogP contribution in [0.5, 0.6) is 0 Å². The molecule has 1 rings (SSSR count). The summed E-state index contributed by atoms with van der Waals surface area (Å²) in [5.74, 6) is -1.60. The van der Waals surface area contributed by atoms with E-state index in [2.05, 4.69) is 10.3 Å². The lowest BCUT2D eigenvalue weighted by molar-refractivity contribution is 0.0690. The van der Waals surface area contributed by atoms with E-state index in [1.807, 2.05) is 6.92 Å². The van der Waals surface area contributed by atoms with Crippen LogP contribution in [-0.4, -0.2) is 28.5 Å². The number of carbonyl (C=O) groups is 2. The predicted octanol–water partition coefficient (Wildman–Crippen LogP) is 0.920. The summed E-state index contributed by atoms with van der Waals surface area (Å²) in [7, 11) is 0. The second kappa shape index (κ2) is 5.09. The fraction of sp³-hybridized carbons (Fsp3) is 0.300. The molecule has 5 nitrogen and oxygen atoms in total. The van der Waals surface area contributed by atoms with E-state index in [0.29, 0.717) is 6.54 Å². The van der Waals surface area contributed by atoms with Gasteiger partial charge in [-0.15, -0.1) is 0 Å². The van der Waals surface area contributed by atoms with Gasteiger partial charge in [-0.05, 0) is 18.6 Å². The van der Waals surface area contributed by atoms with Crippen molar-refractivity contribution in [1.82, 2.24) is 10.3 Å². The Morgan fingerprint density at radius 3 is 2.87 bits per heavy atom. The van der Waals surface area contributed by atoms with E-state index < -0.39 is 11.9 Å². The maximum absolute atomic E-state index is 11.5. The highest BCUT2D eigenvalue weighted by Crippen LogP contribution is 2.04. The molecular formula is C10H12N2O3. The Morgan fingerprint density at radius 2 is 2.27 bits per heavy atom. The van der Waals surface area contributed by atoms with Gasteiger partial charge in [-0.3, -0.25) is 9.78 Å². The van der Waals surface area contributed by atoms with Crippen molar-refractivity contribution in [1.29, 1.82) is 0 Å². The van der Waals surface area contributed by atoms with E-state index in [-0.39, 0.29) is 11.3 Å². The van der Waals surface area contributed by atoms with Crippen LogP contribution in [0.3, 0.4) is 0 Å². The molecule has 0 radical (unpaired) electrons. The number of aromatic carboxylic acids is 1. The van der Waals surface area contributed by atoms with Crippen LogP contribution >= 0.6 is 0 Å². The van der Waals surface area contributed by atoms with E-state index in [0.717, 1.165) is 6.42 Å². The van der Waals surface area contributed by atoms with Crippen LogP contribution < -0.4 is 5.32 Å². The minimum atomic E-state index is -1.15. The first kappa shape index (κ1) is 11.2. The monoisotopic (exact) mass is 208 g/mol. The van der Waals surface area contributed by atoms with Gasteiger partial charge in [-0.1, -0.05) is 6.92 Å². The van der Waals surface area contributed by atoms with Crippen LogP contribution in [0.4, 0.5) is 0 Å². The molecule has 15 heavy (non-hydrogen) atoms. The zero-order valence-electron chi connectivity index (χ0n) is 8.36. The SMILES string of the molecule is CCCNC(=O)c1ncccc1C(=O)O. The van der Waals surface area contributed by atoms with E-state index >= 15 is 0 Å². The van der Waals surface area contributed by atoms with E-state index in [1.54, 1.807) is 0 Å². The molecule has 80 valence electrons. The smallest absolute Gasteiger partial charge is 0.338 e. The summed E-state index contributed by atoms with van der Waals surface area (Å²) in [5, 5.41) is 11.4. The summed E-state index contributed by atoms with van der Waals surface area (Å²) in [6, 6.07) is 2.84. The minimum absolute atomic E-state index is 0.0431. The minimum Gasteiger partial charge on any atom is -0.478 e. The van der Waals surface area contributed by atoms with Gasteiger partial charge in [-0.2, -0.15) is 0 Å². The second-order valence-corrected chi connectivity index (χ2v) is 2.96. The molecule has 2 N–H and O–H groups in total. The number of rotatable bonds is 4. The van der Waals surface area contributed by atoms with Crippen LogP contribution in [0.25, 0.3) is 0 Å². The number of carboxylic acid groups (broad SMARTS) is 1. The third-order valence-electron chi connectivity index (χ3n) is 1.79. The number of nitrogens with one attached hydrogen (secondary N) is 1. The lowest BCUT2D eigenvalue weighted by Crippen LogP contribution is -2.27. The second-order valence-electron chi connectivity index (χ2n) is 2.96. The molecule has 1 aromatic heterocycles. The molecule has 0 saturated heterocycles. The van der Waals surface area contributed by atoms with Crippen molar-refractivity contribution in [3.05, 3.63) is 29.6 Å². The first-order valence-electron chi connectivity index (χ1n) is 4.63. The standard InChI is InChI=1S/C10H12N2O3/c1-2-5-12-9(13)8-7(10(14)15)4-3-6-11-8/h3-4,6H,2,5H2,1H3,(H,12,13)(H,14,15). The van der Waals surface area contributed by atoms with Crippen LogP contribution in [0.15, 0.2) is 18.3 Å². The summed E-state index contributed by atoms with van der Waals surface area (Å²) in [4.78, 5) is 26.0. The Kier molecular flexibility index (Phi) is 3.79. The number of pyridine rings is 1. The number of amides is 1. The highest BCUT2D eigenvalue weighted by molar-refractivity contribution is 6.03. The third kappa shape index (κ3) is 2.77. The third-order valence-corrected chi connectivity index (χ3v) is 1.79. The molecule has 1 amide bonds. The van der Waals surface area contributed by atoms with Gasteiger partial charge < -0.3 is 10.4 Å². The molecule has 0 aliphatic rings. The Morgan fingerprint density at radius 1 is 1.53 bits per heavy atom. The van der Waals surface area contributed by atoms with Crippen molar-refractivity contribution in [2.45, 2.75) is 13.3 Å². The first-order chi connectivity index (χ1) is 7.16. The number of hydrogen-bond donors (Lipinski definition) is 2. The molecule has 0 aromatic carbocycles. The van der Waals surface area contributed by atoms with Crippen LogP contribution in [0.2, 0.25) is 0 Å². The van der Waals surface area contributed by atoms with Gasteiger partial charge >= 0.3 is 5.97 Å². The summed E-state index contributed by atoms with van der Waals surface area (Å²) in [6.45, 7) is 2.42. The lowest BCUT2D eigenvalue weighted by Gasteiger charge is -2.04. The zero-order chi connectivity index (χ0) is 11.3. The van der Waals surface area contributed by atoms with Gasteiger partial charge in [-0.25, -0.2) is 4.79 Å². The zero-order valence-corrected chi connectivity index (χ0v) is 8.36. The van der Waals surface area contributed by atoms with Crippen molar-refractivity contribution < 1.29 is 14.7 Å². The Labute approximate surface area is 87.1 Å². The topological polar surface area (TPSA) is 79.3 Å². The van der Waals surface area contributed by atoms with Gasteiger partial charge in [0.05, 0.1) is 5.56 Å². The fourth-order valence-corrected chi connectivity index (χ4v) is 1.08. The average molecular weight is 208 g/mol. The molecule has 0 atom stereocenters. The van der Waals surface area contributed by atoms with Crippen LogP contribution in [0.1, 0.15) is 34.2 Å². The van der Waals surface area contributed by atoms with E-state index in [4.69, 9.17) is 5.11 Å². The maximum Gasteiger partial charge on any atom is 0.338 e. The van der Waals surface area contributed by atoms with Gasteiger partial charge in [0.25, 0.3) is 5.91 Å². The Bertz CT molecular complexity index is 377. The summed E-state index contributed by atoms with van der Waals surface area (Å²) >= 11 is 0. The van der Waals surface area contributed by atoms with Crippen LogP contribution in [-0.2, 0) is 0 Å². The molecule has 0 aliphatic carbocycles. The van der Waals surface area contributed by atoms with E-state index in [9.17, 15) is 9.59 Å². The number of aromatic nitrogens is 1. The quantitative estimate of drug-likeness (QED) is 0.771. The van der Waals surface area contributed by atoms with Crippen molar-refractivity contribution in [2.24, 2.45) is 0 Å². The molecular weight excluding hydrogens is 196 g/mol. The number of carboxylic acids is 1. The summed E-state index contributed by atoms with van der Waals surface area (Å²) in [5.41, 5.74) is -0.121. The number of carbonyl (C=O) groups excluding carboxylic acids is 1. The van der Waals surface area contributed by atoms with E-state index in [1.165, 1.54) is 18.3 Å². The molecule has 0 fully saturated rings. The normalized spacial score (nSPS) is 9.67. The molecule has 5 heteroatoms. The molecule has 1 aromatic rings. The van der Waals surface area contributed by atoms with Crippen molar-refractivity contribution in [2.75, 3.05) is 6.54 Å². The van der Waals surface area contributed by atoms with Gasteiger partial charge in [0.2, 0.25) is 0 Å². The van der Waals surface area contributed by atoms with Gasteiger partial charge in [0.1, 0.15) is 5.69 Å². The molecule has 0 saturated carbocycles. The molecule has 0 unspecified atom stereocenters. The lowest BCUT2D eigenvalue weighted by atomic mass is 10.2. The maximum atomic E-state index is 11.5. The van der Waals surface area contributed by atoms with Crippen molar-refractivity contribution in [3.63, 3.8) is 0 Å². The van der Waals surface area contributed by atoms with Crippen LogP contribution in [0, 0.1) is 0 Å². The molecule has 0 bridgehead atoms. The number of nitrogens with zero attached hydrogens (tertiary/aromatic N) is 1. The van der Waals surface area contributed by atoms with Crippen molar-refractivity contribution in [3.8, 4) is 0 Å². The molecule has 1 heterocycles. The summed E-state index contributed by atoms with van der Waals surface area (Å²) < 4.78 is 0. The van der Waals surface area contributed by atoms with Crippen molar-refractivity contribution >= 4 is 11.9 Å². The average Bonchev–Trinajstić information content (AvgIpc) is 2.25. The largest absolute Gasteiger partial charge is 0.478 e. The fourth-order valence-electron chi connectivity index (χ4n) is 1.08. The van der Waals surface area contributed by atoms with Gasteiger partial charge in [0, 0.05) is 12.7 Å². The highest BCUT2D eigenvalue weighted by atomic mass is 16.4. The summed E-state index contributed by atoms with van der Waals surface area (Å²) in [6.07, 6.45) is 2.19. The Balaban J connectivity index is 2.92. The van der Waals surface area contributed by atoms with Gasteiger partial charge in [0.15, 0.2) is 0 Å². The highest BCUT2D eigenvalue weighted by Gasteiger charge is 2.16.